The van der Waals surface area contributed by atoms with Gasteiger partial charge in [0.25, 0.3) is 5.91 Å². The molecule has 4 rings (SSSR count). The smallest absolute Gasteiger partial charge is 0.294 e. The van der Waals surface area contributed by atoms with Crippen molar-refractivity contribution in [3.8, 4) is 5.75 Å². The van der Waals surface area contributed by atoms with Gasteiger partial charge in [0, 0.05) is 6.04 Å². The summed E-state index contributed by atoms with van der Waals surface area (Å²) in [6.07, 6.45) is 3.42. The molecule has 33 heavy (non-hydrogen) atoms. The van der Waals surface area contributed by atoms with Gasteiger partial charge in [0.2, 0.25) is 5.91 Å². The number of ether oxygens (including phenoxy) is 1. The molecule has 0 aliphatic carbocycles. The molecular formula is C28H28N2O3. The van der Waals surface area contributed by atoms with Crippen LogP contribution in [0.1, 0.15) is 30.0 Å². The molecule has 3 aromatic carbocycles. The third-order valence-electron chi connectivity index (χ3n) is 5.59. The van der Waals surface area contributed by atoms with Crippen LogP contribution in [-0.4, -0.2) is 24.4 Å². The number of aryl methyl sites for hydroxylation is 2. The van der Waals surface area contributed by atoms with Crippen molar-refractivity contribution in [2.75, 3.05) is 11.4 Å². The Morgan fingerprint density at radius 1 is 1.03 bits per heavy atom. The number of rotatable bonds is 7. The highest BCUT2D eigenvalue weighted by molar-refractivity contribution is 6.12. The zero-order chi connectivity index (χ0) is 23.2. The van der Waals surface area contributed by atoms with Gasteiger partial charge in [-0.05, 0) is 56.0 Å². The molecule has 2 amide bonds. The van der Waals surface area contributed by atoms with Gasteiger partial charge >= 0.3 is 0 Å². The van der Waals surface area contributed by atoms with Crippen molar-refractivity contribution in [1.82, 2.24) is 5.32 Å². The molecule has 1 aliphatic rings. The molecule has 0 spiro atoms. The summed E-state index contributed by atoms with van der Waals surface area (Å²) in [6, 6.07) is 25.3. The topological polar surface area (TPSA) is 58.6 Å². The Morgan fingerprint density at radius 3 is 2.58 bits per heavy atom. The molecule has 1 atom stereocenters. The number of fused-ring (bicyclic) bond motifs is 1. The number of nitrogens with one attached hydrogen (secondary N) is 1. The van der Waals surface area contributed by atoms with Gasteiger partial charge in [0.15, 0.2) is 11.5 Å². The number of benzene rings is 3. The molecular weight excluding hydrogens is 412 g/mol. The third kappa shape index (κ3) is 5.69. The lowest BCUT2D eigenvalue weighted by Crippen LogP contribution is -2.46. The summed E-state index contributed by atoms with van der Waals surface area (Å²) in [4.78, 5) is 27.6. The monoisotopic (exact) mass is 440 g/mol. The molecule has 1 heterocycles. The van der Waals surface area contributed by atoms with E-state index < -0.39 is 0 Å². The Bertz CT molecular complexity index is 1170. The van der Waals surface area contributed by atoms with Gasteiger partial charge in [0.1, 0.15) is 6.54 Å². The second-order valence-electron chi connectivity index (χ2n) is 8.38. The number of carbonyl (C=O) groups excluding carboxylic acids is 2. The first-order valence-corrected chi connectivity index (χ1v) is 11.2. The van der Waals surface area contributed by atoms with Crippen molar-refractivity contribution in [1.29, 1.82) is 0 Å². The Kier molecular flexibility index (Phi) is 6.89. The number of anilines is 1. The Balaban J connectivity index is 1.47. The summed E-state index contributed by atoms with van der Waals surface area (Å²) in [6.45, 7) is 3.91. The van der Waals surface area contributed by atoms with E-state index in [4.69, 9.17) is 4.74 Å². The predicted molar refractivity (Wildman–Crippen MR) is 131 cm³/mol. The van der Waals surface area contributed by atoms with Crippen molar-refractivity contribution < 1.29 is 14.3 Å². The number of hydrogen-bond donors (Lipinski definition) is 1. The van der Waals surface area contributed by atoms with E-state index in [-0.39, 0.29) is 30.2 Å². The molecule has 5 heteroatoms. The fourth-order valence-corrected chi connectivity index (χ4v) is 3.89. The molecule has 1 aliphatic heterocycles. The maximum absolute atomic E-state index is 13.3. The van der Waals surface area contributed by atoms with E-state index in [0.29, 0.717) is 11.4 Å². The van der Waals surface area contributed by atoms with E-state index in [9.17, 15) is 9.59 Å². The highest BCUT2D eigenvalue weighted by atomic mass is 16.5. The quantitative estimate of drug-likeness (QED) is 0.532. The zero-order valence-corrected chi connectivity index (χ0v) is 19.0. The summed E-state index contributed by atoms with van der Waals surface area (Å²) in [5.74, 6) is 0.225. The van der Waals surface area contributed by atoms with Crippen LogP contribution in [0.15, 0.2) is 84.6 Å². The fraction of sp³-hybridized carbons (Fsp3) is 0.214. The SMILES string of the molecule is Cc1cccc(/C=C2/Oc3ccccc3N(CC(=O)N[C@@H](C)CCc3ccccc3)C2=O)c1. The normalized spacial score (nSPS) is 15.0. The van der Waals surface area contributed by atoms with Crippen LogP contribution in [0, 0.1) is 6.92 Å². The number of carbonyl (C=O) groups is 2. The molecule has 0 unspecified atom stereocenters. The second kappa shape index (κ2) is 10.2. The van der Waals surface area contributed by atoms with Gasteiger partial charge in [-0.1, -0.05) is 72.3 Å². The average Bonchev–Trinajstić information content (AvgIpc) is 2.81. The minimum Gasteiger partial charge on any atom is -0.449 e. The first-order chi connectivity index (χ1) is 16.0. The van der Waals surface area contributed by atoms with Gasteiger partial charge in [-0.15, -0.1) is 0 Å². The van der Waals surface area contributed by atoms with Crippen LogP contribution in [0.3, 0.4) is 0 Å². The number of hydrogen-bond acceptors (Lipinski definition) is 3. The molecule has 0 bridgehead atoms. The fourth-order valence-electron chi connectivity index (χ4n) is 3.89. The summed E-state index contributed by atoms with van der Waals surface area (Å²) in [5, 5.41) is 3.03. The predicted octanol–water partition coefficient (Wildman–Crippen LogP) is 4.90. The number of para-hydroxylation sites is 2. The van der Waals surface area contributed by atoms with Crippen LogP contribution < -0.4 is 15.0 Å². The summed E-state index contributed by atoms with van der Waals surface area (Å²) >= 11 is 0. The van der Waals surface area contributed by atoms with Crippen LogP contribution in [-0.2, 0) is 16.0 Å². The summed E-state index contributed by atoms with van der Waals surface area (Å²) in [5.41, 5.74) is 3.79. The van der Waals surface area contributed by atoms with Crippen molar-refractivity contribution in [3.63, 3.8) is 0 Å². The van der Waals surface area contributed by atoms with Crippen LogP contribution >= 0.6 is 0 Å². The van der Waals surface area contributed by atoms with Crippen LogP contribution in [0.4, 0.5) is 5.69 Å². The van der Waals surface area contributed by atoms with Gasteiger partial charge < -0.3 is 10.1 Å². The first kappa shape index (κ1) is 22.3. The van der Waals surface area contributed by atoms with Crippen LogP contribution in [0.2, 0.25) is 0 Å². The second-order valence-corrected chi connectivity index (χ2v) is 8.38. The maximum Gasteiger partial charge on any atom is 0.294 e. The highest BCUT2D eigenvalue weighted by Crippen LogP contribution is 2.35. The largest absolute Gasteiger partial charge is 0.449 e. The Labute approximate surface area is 194 Å². The van der Waals surface area contributed by atoms with Crippen molar-refractivity contribution in [2.24, 2.45) is 0 Å². The summed E-state index contributed by atoms with van der Waals surface area (Å²) < 4.78 is 5.91. The van der Waals surface area contributed by atoms with E-state index >= 15 is 0 Å². The maximum atomic E-state index is 13.3. The molecule has 0 aromatic heterocycles. The number of amides is 2. The van der Waals surface area contributed by atoms with Crippen molar-refractivity contribution >= 4 is 23.6 Å². The lowest BCUT2D eigenvalue weighted by Gasteiger charge is -2.30. The van der Waals surface area contributed by atoms with Crippen molar-refractivity contribution in [3.05, 3.63) is 101 Å². The summed E-state index contributed by atoms with van der Waals surface area (Å²) in [7, 11) is 0. The van der Waals surface area contributed by atoms with Gasteiger partial charge in [-0.2, -0.15) is 0 Å². The van der Waals surface area contributed by atoms with E-state index in [2.05, 4.69) is 17.4 Å². The van der Waals surface area contributed by atoms with Gasteiger partial charge in [0.05, 0.1) is 5.69 Å². The Morgan fingerprint density at radius 2 is 1.79 bits per heavy atom. The zero-order valence-electron chi connectivity index (χ0n) is 19.0. The lowest BCUT2D eigenvalue weighted by atomic mass is 10.1. The minimum absolute atomic E-state index is 0.00796. The molecule has 0 radical (unpaired) electrons. The van der Waals surface area contributed by atoms with Crippen LogP contribution in [0.5, 0.6) is 5.75 Å². The highest BCUT2D eigenvalue weighted by Gasteiger charge is 2.31. The molecule has 1 N–H and O–H groups in total. The molecule has 168 valence electrons. The molecule has 0 saturated carbocycles. The van der Waals surface area contributed by atoms with Crippen molar-refractivity contribution in [2.45, 2.75) is 32.7 Å². The minimum atomic E-state index is -0.331. The van der Waals surface area contributed by atoms with E-state index in [0.717, 1.165) is 24.0 Å². The molecule has 0 saturated heterocycles. The number of nitrogens with zero attached hydrogens (tertiary/aromatic N) is 1. The van der Waals surface area contributed by atoms with Crippen LogP contribution in [0.25, 0.3) is 6.08 Å². The lowest BCUT2D eigenvalue weighted by molar-refractivity contribution is -0.123. The molecule has 0 fully saturated rings. The Hall–Kier alpha value is -3.86. The van der Waals surface area contributed by atoms with E-state index in [1.807, 2.05) is 68.4 Å². The molecule has 3 aromatic rings. The van der Waals surface area contributed by atoms with E-state index in [1.165, 1.54) is 10.5 Å². The third-order valence-corrected chi connectivity index (χ3v) is 5.59. The van der Waals surface area contributed by atoms with Gasteiger partial charge in [-0.25, -0.2) is 0 Å². The standard InChI is InChI=1S/C28H28N2O3/c1-20-9-8-12-23(17-20)18-26-28(32)30(24-13-6-7-14-25(24)33-26)19-27(31)29-21(2)15-16-22-10-4-3-5-11-22/h3-14,17-18,21H,15-16,19H2,1-2H3,(H,29,31)/b26-18+/t21-/m0/s1. The van der Waals surface area contributed by atoms with Gasteiger partial charge in [-0.3, -0.25) is 14.5 Å². The van der Waals surface area contributed by atoms with E-state index in [1.54, 1.807) is 18.2 Å². The average molecular weight is 441 g/mol. The first-order valence-electron chi connectivity index (χ1n) is 11.2. The molecule has 5 nitrogen and oxygen atoms in total.